The normalized spacial score (nSPS) is 17.4. The van der Waals surface area contributed by atoms with Gasteiger partial charge in [-0.1, -0.05) is 102 Å². The van der Waals surface area contributed by atoms with Crippen LogP contribution in [0.4, 0.5) is 57.1 Å². The lowest BCUT2D eigenvalue weighted by Gasteiger charge is -2.40. The lowest BCUT2D eigenvalue weighted by Crippen LogP contribution is -2.59. The lowest BCUT2D eigenvalue weighted by atomic mass is 9.80. The smallest absolute Gasteiger partial charge is 0.426 e. The van der Waals surface area contributed by atoms with Crippen molar-refractivity contribution in [3.05, 3.63) is 0 Å². The van der Waals surface area contributed by atoms with Gasteiger partial charge in [0.2, 0.25) is 0 Å². The maximum Gasteiger partial charge on any atom is 0.426 e. The van der Waals surface area contributed by atoms with Crippen molar-refractivity contribution in [2.45, 2.75) is 338 Å². The molecule has 4 N–H and O–H groups in total. The maximum absolute atomic E-state index is 13.0. The molecule has 0 amide bonds. The zero-order chi connectivity index (χ0) is 76.6. The molecule has 29 heteroatoms. The number of alkyl halides is 13. The number of carbonyl (C=O) groups is 6. The van der Waals surface area contributed by atoms with Gasteiger partial charge in [0.15, 0.2) is 6.10 Å². The molecule has 2 saturated carbocycles. The molecule has 2 rings (SSSR count). The van der Waals surface area contributed by atoms with Crippen molar-refractivity contribution in [1.82, 2.24) is 0 Å². The van der Waals surface area contributed by atoms with Crippen molar-refractivity contribution in [3.8, 4) is 0 Å². The van der Waals surface area contributed by atoms with Gasteiger partial charge in [-0.25, -0.2) is 17.6 Å². The molecule has 8 unspecified atom stereocenters. The molecule has 0 aromatic carbocycles. The molecule has 0 aromatic heterocycles. The van der Waals surface area contributed by atoms with Gasteiger partial charge in [0, 0.05) is 12.8 Å². The molecule has 0 radical (unpaired) electrons. The van der Waals surface area contributed by atoms with Gasteiger partial charge in [0.25, 0.3) is 5.60 Å². The van der Waals surface area contributed by atoms with Gasteiger partial charge in [-0.3, -0.25) is 28.8 Å². The first-order valence-corrected chi connectivity index (χ1v) is 33.2. The Labute approximate surface area is 561 Å². The molecule has 0 spiro atoms. The van der Waals surface area contributed by atoms with Crippen LogP contribution >= 0.6 is 0 Å². The Balaban J connectivity index is -0.000000540. The fourth-order valence-electron chi connectivity index (χ4n) is 7.79. The molecule has 96 heavy (non-hydrogen) atoms. The first-order valence-electron chi connectivity index (χ1n) is 33.2. The van der Waals surface area contributed by atoms with Crippen LogP contribution < -0.4 is 0 Å². The van der Waals surface area contributed by atoms with Crippen LogP contribution in [0.5, 0.6) is 0 Å². The average Bonchev–Trinajstić information content (AvgIpc) is 0.875. The van der Waals surface area contributed by atoms with Crippen LogP contribution in [0, 0.1) is 41.4 Å². The van der Waals surface area contributed by atoms with E-state index in [2.05, 4.69) is 9.47 Å². The molecule has 2 aliphatic rings. The Morgan fingerprint density at radius 2 is 0.854 bits per heavy atom. The molecule has 2 aliphatic carbocycles. The first kappa shape index (κ1) is 98.1. The minimum Gasteiger partial charge on any atom is -0.465 e. The van der Waals surface area contributed by atoms with Gasteiger partial charge in [-0.2, -0.15) is 39.5 Å². The molecule has 0 bridgehead atoms. The highest BCUT2D eigenvalue weighted by atomic mass is 19.4. The van der Waals surface area contributed by atoms with Crippen molar-refractivity contribution < 1.29 is 135 Å². The molecular formula is C67H117F13O16. The van der Waals surface area contributed by atoms with E-state index in [-0.39, 0.29) is 61.2 Å². The van der Waals surface area contributed by atoms with E-state index in [0.717, 1.165) is 58.3 Å². The third-order valence-electron chi connectivity index (χ3n) is 17.2. The Morgan fingerprint density at radius 1 is 0.490 bits per heavy atom. The van der Waals surface area contributed by atoms with Gasteiger partial charge >= 0.3 is 66.7 Å². The highest BCUT2D eigenvalue weighted by Crippen LogP contribution is 2.48. The Hall–Kier alpha value is -4.25. The summed E-state index contributed by atoms with van der Waals surface area (Å²) in [5.74, 6) is -9.10. The second kappa shape index (κ2) is 43.4. The summed E-state index contributed by atoms with van der Waals surface area (Å²) >= 11 is 0. The lowest BCUT2D eigenvalue weighted by molar-refractivity contribution is -0.375. The summed E-state index contributed by atoms with van der Waals surface area (Å²) in [7, 11) is 0. The van der Waals surface area contributed by atoms with Crippen molar-refractivity contribution in [2.75, 3.05) is 13.2 Å². The highest BCUT2D eigenvalue weighted by Gasteiger charge is 2.71. The van der Waals surface area contributed by atoms with Crippen LogP contribution in [-0.4, -0.2) is 146 Å². The molecule has 0 heterocycles. The largest absolute Gasteiger partial charge is 0.465 e. The molecular weight excluding hydrogens is 1310 g/mol. The number of hydrogen-bond acceptors (Lipinski definition) is 16. The summed E-state index contributed by atoms with van der Waals surface area (Å²) in [6, 6.07) is 0. The van der Waals surface area contributed by atoms with Gasteiger partial charge in [0.1, 0.15) is 23.9 Å². The summed E-state index contributed by atoms with van der Waals surface area (Å²) in [6.45, 7) is 35.2. The van der Waals surface area contributed by atoms with E-state index in [1.165, 1.54) is 13.8 Å². The van der Waals surface area contributed by atoms with Crippen LogP contribution in [0.25, 0.3) is 0 Å². The Bertz CT molecular complexity index is 2200. The summed E-state index contributed by atoms with van der Waals surface area (Å²) in [4.78, 5) is 68.4. The summed E-state index contributed by atoms with van der Waals surface area (Å²) in [6.07, 6.45) is -16.4. The van der Waals surface area contributed by atoms with E-state index in [1.807, 2.05) is 41.5 Å². The van der Waals surface area contributed by atoms with E-state index < -0.39 is 125 Å². The number of carbonyl (C=O) groups excluding carboxylic acids is 6. The van der Waals surface area contributed by atoms with Gasteiger partial charge in [-0.05, 0) is 152 Å². The van der Waals surface area contributed by atoms with E-state index in [9.17, 15) is 106 Å². The maximum atomic E-state index is 13.0. The van der Waals surface area contributed by atoms with Crippen LogP contribution in [0.1, 0.15) is 261 Å². The molecule has 16 nitrogen and oxygen atoms in total. The van der Waals surface area contributed by atoms with Crippen molar-refractivity contribution >= 4 is 35.8 Å². The van der Waals surface area contributed by atoms with E-state index >= 15 is 0 Å². The summed E-state index contributed by atoms with van der Waals surface area (Å²) < 4.78 is 191. The quantitative estimate of drug-likeness (QED) is 0.0246. The number of rotatable bonds is 28. The predicted molar refractivity (Wildman–Crippen MR) is 335 cm³/mol. The van der Waals surface area contributed by atoms with Crippen LogP contribution in [0.3, 0.4) is 0 Å². The Morgan fingerprint density at radius 3 is 1.20 bits per heavy atom. The minimum atomic E-state index is -5.92. The molecule has 8 atom stereocenters. The number of esters is 6. The summed E-state index contributed by atoms with van der Waals surface area (Å²) in [5, 5.41) is 38.7. The summed E-state index contributed by atoms with van der Waals surface area (Å²) in [5.41, 5.74) is -9.33. The second-order valence-electron chi connectivity index (χ2n) is 27.3. The van der Waals surface area contributed by atoms with Crippen molar-refractivity contribution in [3.63, 3.8) is 0 Å². The predicted octanol–water partition coefficient (Wildman–Crippen LogP) is 16.7. The molecule has 2 fully saturated rings. The van der Waals surface area contributed by atoms with E-state index in [4.69, 9.17) is 18.9 Å². The third kappa shape index (κ3) is 37.3. The zero-order valence-electron chi connectivity index (χ0n) is 60.5. The molecule has 0 aliphatic heterocycles. The molecule has 0 saturated heterocycles. The number of aliphatic hydroxyl groups is 4. The standard InChI is InChI=1S/C16H24F6O3.C13H24O3.C11H22O3.C10H16F4O2.C9H18O3.C8H13F3O2/c1-3-10(2)13(23)25-12(11-7-5-4-6-8-11)9-14(24,15(17,18)19)16(20,21)22;1-5-10(2)11(14)16-13(12(3,4)15)8-6-7-9-13;1-7-8(2)9(12)14-11(5,6)10(3,4)13;1-3-7(2)8(15)16-6-4-5-10(13,14)9(11)12;1-5-7(2)8(10)12-6-9(3,4)11;1-4-5(2)7(12)13-6(3)8(9,10)11/h10-12,24H,3-9H2,1-2H3;10,15H,5-9H2,1-4H3;8,13H,7H2,1-6H3;7,9H,3-6H2,1-2H3;7,11H,5-6H2,1-4H3;5-6H,4H2,1-3H3. The highest BCUT2D eigenvalue weighted by molar-refractivity contribution is 5.74. The zero-order valence-corrected chi connectivity index (χ0v) is 60.5. The fraction of sp³-hybridized carbons (Fsp3) is 0.910. The van der Waals surface area contributed by atoms with Gasteiger partial charge in [-0.15, -0.1) is 0 Å². The molecule has 572 valence electrons. The van der Waals surface area contributed by atoms with Crippen molar-refractivity contribution in [1.29, 1.82) is 0 Å². The average molecular weight is 1430 g/mol. The van der Waals surface area contributed by atoms with Crippen LogP contribution in [0.15, 0.2) is 0 Å². The topological polar surface area (TPSA) is 239 Å². The van der Waals surface area contributed by atoms with Gasteiger partial charge in [0.05, 0.1) is 58.9 Å². The fourth-order valence-corrected chi connectivity index (χ4v) is 7.79. The SMILES string of the molecule is CCC(C)C(=O)OC(C)(C)C(C)(C)O.CCC(C)C(=O)OC(C)C(F)(F)F.CCC(C)C(=O)OC(CC(O)(C(F)(F)F)C(F)(F)F)C1CCCCC1.CCC(C)C(=O)OC1(C(C)(C)O)CCCC1.CCC(C)C(=O)OCC(C)(C)O.CCC(C)C(=O)OCCCC(F)(F)C(F)F. The monoisotopic (exact) mass is 1420 g/mol. The number of halogens is 13. The van der Waals surface area contributed by atoms with Crippen LogP contribution in [0.2, 0.25) is 0 Å². The molecule has 0 aromatic rings. The van der Waals surface area contributed by atoms with E-state index in [1.54, 1.807) is 83.1 Å². The Kier molecular flexibility index (Phi) is 44.4. The third-order valence-corrected chi connectivity index (χ3v) is 17.2. The minimum absolute atomic E-state index is 0.0656. The van der Waals surface area contributed by atoms with E-state index in [0.29, 0.717) is 44.9 Å². The number of ether oxygens (including phenoxy) is 6. The first-order chi connectivity index (χ1) is 43.2. The second-order valence-corrected chi connectivity index (χ2v) is 27.3. The van der Waals surface area contributed by atoms with Crippen LogP contribution in [-0.2, 0) is 57.2 Å². The van der Waals surface area contributed by atoms with Gasteiger partial charge < -0.3 is 48.8 Å². The number of hydrogen-bond donors (Lipinski definition) is 4. The van der Waals surface area contributed by atoms with Crippen molar-refractivity contribution in [2.24, 2.45) is 41.4 Å².